The highest BCUT2D eigenvalue weighted by molar-refractivity contribution is 6.15. The Labute approximate surface area is 216 Å². The lowest BCUT2D eigenvalue weighted by atomic mass is 10.1. The normalized spacial score (nSPS) is 21.9. The van der Waals surface area contributed by atoms with E-state index in [1.54, 1.807) is 40.1 Å². The van der Waals surface area contributed by atoms with Gasteiger partial charge in [0.2, 0.25) is 0 Å². The monoisotopic (exact) mass is 523 g/mol. The van der Waals surface area contributed by atoms with Gasteiger partial charge in [0.25, 0.3) is 0 Å². The molecule has 15 heteroatoms. The van der Waals surface area contributed by atoms with Gasteiger partial charge in [-0.05, 0) is 27.7 Å². The first-order valence-electron chi connectivity index (χ1n) is 11.9. The van der Waals surface area contributed by atoms with E-state index in [1.807, 2.05) is 0 Å². The van der Waals surface area contributed by atoms with Crippen LogP contribution in [0.25, 0.3) is 11.1 Å². The lowest BCUT2D eigenvalue weighted by molar-refractivity contribution is -0.385. The van der Waals surface area contributed by atoms with Gasteiger partial charge in [0.1, 0.15) is 5.69 Å². The summed E-state index contributed by atoms with van der Waals surface area (Å²) < 4.78 is 10.3. The second kappa shape index (κ2) is 9.68. The topological polar surface area (TPSA) is 180 Å². The summed E-state index contributed by atoms with van der Waals surface area (Å²) in [5.74, 6) is -0.261. The van der Waals surface area contributed by atoms with E-state index in [0.717, 1.165) is 0 Å². The number of carbonyl (C=O) groups is 2. The van der Waals surface area contributed by atoms with Gasteiger partial charge in [0, 0.05) is 36.0 Å². The zero-order valence-electron chi connectivity index (χ0n) is 21.0. The van der Waals surface area contributed by atoms with Crippen molar-refractivity contribution in [2.24, 2.45) is 9.98 Å². The Kier molecular flexibility index (Phi) is 6.38. The summed E-state index contributed by atoms with van der Waals surface area (Å²) >= 11 is 0. The number of allylic oxidation sites excluding steroid dienone is 2. The maximum atomic E-state index is 12.4. The van der Waals surface area contributed by atoms with Gasteiger partial charge < -0.3 is 9.47 Å². The number of fused-ring (bicyclic) bond motifs is 2. The van der Waals surface area contributed by atoms with Crippen molar-refractivity contribution in [2.75, 3.05) is 13.2 Å². The SMILES string of the molecule is CCOC(=O)C1=C2N=CC(c3n[nH]c(C4=CN5NC(C)C(C(=O)OCC)=C5N=C4)c3[N+](=O)[O-])=CN2NC1C. The predicted octanol–water partition coefficient (Wildman–Crippen LogP) is 1.14. The first kappa shape index (κ1) is 25.0. The molecule has 1 aromatic heterocycles. The summed E-state index contributed by atoms with van der Waals surface area (Å²) in [6.07, 6.45) is 6.01. The van der Waals surface area contributed by atoms with E-state index in [1.165, 1.54) is 22.4 Å². The highest BCUT2D eigenvalue weighted by Crippen LogP contribution is 2.36. The molecule has 38 heavy (non-hydrogen) atoms. The minimum atomic E-state index is -0.539. The third kappa shape index (κ3) is 4.06. The van der Waals surface area contributed by atoms with Crippen molar-refractivity contribution in [3.05, 3.63) is 56.7 Å². The van der Waals surface area contributed by atoms with Crippen LogP contribution in [0, 0.1) is 10.1 Å². The second-order valence-electron chi connectivity index (χ2n) is 8.60. The number of esters is 2. The minimum Gasteiger partial charge on any atom is -0.462 e. The van der Waals surface area contributed by atoms with Crippen LogP contribution < -0.4 is 10.9 Å². The largest absolute Gasteiger partial charge is 0.462 e. The van der Waals surface area contributed by atoms with E-state index < -0.39 is 16.9 Å². The number of hydrogen-bond donors (Lipinski definition) is 3. The molecule has 0 bridgehead atoms. The Hall–Kier alpha value is -4.63. The van der Waals surface area contributed by atoms with Crippen molar-refractivity contribution >= 4 is 41.2 Å². The zero-order valence-corrected chi connectivity index (χ0v) is 21.0. The Morgan fingerprint density at radius 1 is 0.947 bits per heavy atom. The molecule has 0 amide bonds. The van der Waals surface area contributed by atoms with Gasteiger partial charge >= 0.3 is 17.6 Å². The number of rotatable bonds is 7. The van der Waals surface area contributed by atoms with Crippen LogP contribution in [0.5, 0.6) is 0 Å². The van der Waals surface area contributed by atoms with Crippen molar-refractivity contribution in [1.29, 1.82) is 0 Å². The van der Waals surface area contributed by atoms with E-state index in [9.17, 15) is 19.7 Å². The fourth-order valence-electron chi connectivity index (χ4n) is 4.50. The molecule has 4 aliphatic rings. The molecular weight excluding hydrogens is 498 g/mol. The fraction of sp³-hybridized carbons (Fsp3) is 0.348. The maximum absolute atomic E-state index is 12.4. The Morgan fingerprint density at radius 2 is 1.45 bits per heavy atom. The van der Waals surface area contributed by atoms with Crippen LogP contribution >= 0.6 is 0 Å². The molecule has 2 unspecified atom stereocenters. The summed E-state index contributed by atoms with van der Waals surface area (Å²) in [6.45, 7) is 7.45. The number of aliphatic imine (C=N–C) groups is 2. The van der Waals surface area contributed by atoms with Crippen molar-refractivity contribution in [1.82, 2.24) is 31.1 Å². The average Bonchev–Trinajstić information content (AvgIpc) is 3.55. The van der Waals surface area contributed by atoms with E-state index in [-0.39, 0.29) is 42.4 Å². The van der Waals surface area contributed by atoms with Crippen molar-refractivity contribution in [3.8, 4) is 0 Å². The summed E-state index contributed by atoms with van der Waals surface area (Å²) in [4.78, 5) is 45.1. The molecule has 4 aliphatic heterocycles. The third-order valence-electron chi connectivity index (χ3n) is 6.13. The smallest absolute Gasteiger partial charge is 0.339 e. The van der Waals surface area contributed by atoms with Gasteiger partial charge in [-0.1, -0.05) is 0 Å². The number of hydrazine groups is 2. The third-order valence-corrected chi connectivity index (χ3v) is 6.13. The molecule has 15 nitrogen and oxygen atoms in total. The average molecular weight is 524 g/mol. The van der Waals surface area contributed by atoms with E-state index in [4.69, 9.17) is 9.47 Å². The van der Waals surface area contributed by atoms with Gasteiger partial charge in [0.15, 0.2) is 17.3 Å². The van der Waals surface area contributed by atoms with Crippen molar-refractivity contribution < 1.29 is 24.0 Å². The molecule has 3 N–H and O–H groups in total. The number of nitrogens with zero attached hydrogens (tertiary/aromatic N) is 6. The number of aromatic amines is 1. The molecule has 0 aromatic carbocycles. The van der Waals surface area contributed by atoms with Gasteiger partial charge in [-0.15, -0.1) is 0 Å². The summed E-state index contributed by atoms with van der Waals surface area (Å²) in [5, 5.41) is 22.2. The van der Waals surface area contributed by atoms with Crippen LogP contribution in [0.4, 0.5) is 5.69 Å². The molecule has 0 fully saturated rings. The van der Waals surface area contributed by atoms with Crippen LogP contribution in [-0.2, 0) is 19.1 Å². The van der Waals surface area contributed by atoms with E-state index >= 15 is 0 Å². The molecule has 5 heterocycles. The molecule has 0 saturated carbocycles. The first-order valence-corrected chi connectivity index (χ1v) is 11.9. The first-order chi connectivity index (χ1) is 18.2. The van der Waals surface area contributed by atoms with Gasteiger partial charge in [-0.2, -0.15) is 5.10 Å². The summed E-state index contributed by atoms with van der Waals surface area (Å²) in [6, 6.07) is -0.743. The second-order valence-corrected chi connectivity index (χ2v) is 8.60. The number of carbonyl (C=O) groups excluding carboxylic acids is 2. The fourth-order valence-corrected chi connectivity index (χ4v) is 4.50. The molecule has 0 saturated heterocycles. The summed E-state index contributed by atoms with van der Waals surface area (Å²) in [7, 11) is 0. The van der Waals surface area contributed by atoms with Crippen LogP contribution in [0.3, 0.4) is 0 Å². The van der Waals surface area contributed by atoms with Gasteiger partial charge in [0.05, 0.1) is 41.4 Å². The molecule has 0 radical (unpaired) electrons. The molecule has 0 spiro atoms. The van der Waals surface area contributed by atoms with Gasteiger partial charge in [-0.3, -0.25) is 25.2 Å². The number of nitrogens with one attached hydrogen (secondary N) is 3. The Bertz CT molecular complexity index is 1320. The molecule has 198 valence electrons. The number of nitro groups is 1. The number of ether oxygens (including phenoxy) is 2. The van der Waals surface area contributed by atoms with Crippen LogP contribution in [0.1, 0.15) is 39.1 Å². The van der Waals surface area contributed by atoms with E-state index in [2.05, 4.69) is 31.0 Å². The Balaban J connectivity index is 1.47. The molecule has 1 aromatic rings. The summed E-state index contributed by atoms with van der Waals surface area (Å²) in [5.41, 5.74) is 7.51. The highest BCUT2D eigenvalue weighted by Gasteiger charge is 2.38. The van der Waals surface area contributed by atoms with Crippen molar-refractivity contribution in [2.45, 2.75) is 39.8 Å². The minimum absolute atomic E-state index is 0.0532. The quantitative estimate of drug-likeness (QED) is 0.265. The zero-order chi connectivity index (χ0) is 27.1. The number of aromatic nitrogens is 2. The van der Waals surface area contributed by atoms with E-state index in [0.29, 0.717) is 33.9 Å². The highest BCUT2D eigenvalue weighted by atomic mass is 16.6. The van der Waals surface area contributed by atoms with Crippen LogP contribution in [0.15, 0.2) is 45.2 Å². The molecule has 0 aliphatic carbocycles. The Morgan fingerprint density at radius 3 is 1.95 bits per heavy atom. The van der Waals surface area contributed by atoms with Crippen LogP contribution in [-0.4, -0.2) is 74.8 Å². The predicted molar refractivity (Wildman–Crippen MR) is 134 cm³/mol. The van der Waals surface area contributed by atoms with Crippen LogP contribution in [0.2, 0.25) is 0 Å². The standard InChI is InChI=1S/C23H25N9O6/c1-5-37-22(33)15-11(3)28-30-9-13(7-24-20(15)30)17-19(32(35)36)18(27-26-17)14-8-25-21-16(23(34)38-6-2)12(4)29-31(21)10-14/h7-12,28-29H,5-6H2,1-4H3,(H,26,27). The van der Waals surface area contributed by atoms with Gasteiger partial charge in [-0.25, -0.2) is 30.4 Å². The lowest BCUT2D eigenvalue weighted by Gasteiger charge is -2.20. The van der Waals surface area contributed by atoms with Crippen molar-refractivity contribution in [3.63, 3.8) is 0 Å². The maximum Gasteiger partial charge on any atom is 0.339 e. The molecule has 2 atom stereocenters. The molecule has 5 rings (SSSR count). The number of H-pyrrole nitrogens is 1. The number of hydrogen-bond acceptors (Lipinski definition) is 13. The lowest BCUT2D eigenvalue weighted by Crippen LogP contribution is -2.33. The molecular formula is C23H25N9O6.